The van der Waals surface area contributed by atoms with Gasteiger partial charge in [0.05, 0.1) is 12.0 Å². The van der Waals surface area contributed by atoms with Gasteiger partial charge in [-0.1, -0.05) is 19.3 Å². The first-order valence-electron chi connectivity index (χ1n) is 6.70. The first-order chi connectivity index (χ1) is 7.79. The molecule has 1 unspecified atom stereocenters. The number of ether oxygens (including phenoxy) is 1. The molecular formula is C13H23NO2. The highest BCUT2D eigenvalue weighted by Gasteiger charge is 2.48. The molecule has 2 rings (SSSR count). The van der Waals surface area contributed by atoms with Crippen molar-refractivity contribution in [3.8, 4) is 0 Å². The SMILES string of the molecule is CCOC(=O)C1(C2CCCN2)CCCCC1. The Morgan fingerprint density at radius 1 is 1.31 bits per heavy atom. The molecule has 1 N–H and O–H groups in total. The maximum atomic E-state index is 12.2. The average Bonchev–Trinajstić information content (AvgIpc) is 2.84. The van der Waals surface area contributed by atoms with E-state index < -0.39 is 0 Å². The quantitative estimate of drug-likeness (QED) is 0.749. The Morgan fingerprint density at radius 2 is 2.06 bits per heavy atom. The molecule has 1 aliphatic carbocycles. The fourth-order valence-corrected chi connectivity index (χ4v) is 3.31. The van der Waals surface area contributed by atoms with Crippen molar-refractivity contribution < 1.29 is 9.53 Å². The third-order valence-corrected chi connectivity index (χ3v) is 4.16. The fraction of sp³-hybridized carbons (Fsp3) is 0.923. The largest absolute Gasteiger partial charge is 0.466 e. The van der Waals surface area contributed by atoms with Crippen molar-refractivity contribution in [3.63, 3.8) is 0 Å². The van der Waals surface area contributed by atoms with Crippen molar-refractivity contribution in [1.82, 2.24) is 5.32 Å². The van der Waals surface area contributed by atoms with Crippen LogP contribution in [0.4, 0.5) is 0 Å². The molecule has 0 aromatic rings. The molecule has 0 amide bonds. The smallest absolute Gasteiger partial charge is 0.313 e. The van der Waals surface area contributed by atoms with E-state index in [0.717, 1.165) is 25.8 Å². The van der Waals surface area contributed by atoms with E-state index in [1.807, 2.05) is 6.92 Å². The Balaban J connectivity index is 2.13. The molecule has 0 radical (unpaired) electrons. The molecule has 1 heterocycles. The Bertz CT molecular complexity index is 240. The van der Waals surface area contributed by atoms with Crippen LogP contribution in [0.1, 0.15) is 51.9 Å². The Hall–Kier alpha value is -0.570. The van der Waals surface area contributed by atoms with Crippen LogP contribution in [-0.4, -0.2) is 25.2 Å². The van der Waals surface area contributed by atoms with Gasteiger partial charge in [0, 0.05) is 6.04 Å². The molecule has 16 heavy (non-hydrogen) atoms. The molecule has 3 heteroatoms. The lowest BCUT2D eigenvalue weighted by atomic mass is 9.68. The highest BCUT2D eigenvalue weighted by Crippen LogP contribution is 2.43. The van der Waals surface area contributed by atoms with Crippen molar-refractivity contribution in [3.05, 3.63) is 0 Å². The molecule has 3 nitrogen and oxygen atoms in total. The van der Waals surface area contributed by atoms with Gasteiger partial charge in [0.2, 0.25) is 0 Å². The first kappa shape index (κ1) is 11.9. The lowest BCUT2D eigenvalue weighted by Crippen LogP contribution is -2.49. The number of hydrogen-bond acceptors (Lipinski definition) is 3. The Labute approximate surface area is 97.9 Å². The van der Waals surface area contributed by atoms with Crippen LogP contribution >= 0.6 is 0 Å². The summed E-state index contributed by atoms with van der Waals surface area (Å²) in [5, 5.41) is 3.51. The molecule has 0 aromatic heterocycles. The highest BCUT2D eigenvalue weighted by atomic mass is 16.5. The minimum Gasteiger partial charge on any atom is -0.466 e. The highest BCUT2D eigenvalue weighted by molar-refractivity contribution is 5.78. The van der Waals surface area contributed by atoms with Gasteiger partial charge < -0.3 is 10.1 Å². The van der Waals surface area contributed by atoms with E-state index >= 15 is 0 Å². The molecule has 1 saturated carbocycles. The van der Waals surface area contributed by atoms with Crippen molar-refractivity contribution >= 4 is 5.97 Å². The Morgan fingerprint density at radius 3 is 2.62 bits per heavy atom. The van der Waals surface area contributed by atoms with Crippen molar-refractivity contribution in [1.29, 1.82) is 0 Å². The summed E-state index contributed by atoms with van der Waals surface area (Å²) in [5.41, 5.74) is -0.204. The number of carbonyl (C=O) groups is 1. The number of esters is 1. The van der Waals surface area contributed by atoms with E-state index in [4.69, 9.17) is 4.74 Å². The minimum atomic E-state index is -0.204. The second-order valence-electron chi connectivity index (χ2n) is 5.09. The molecule has 2 aliphatic rings. The summed E-state index contributed by atoms with van der Waals surface area (Å²) in [5.74, 6) is 0.0501. The third-order valence-electron chi connectivity index (χ3n) is 4.16. The second kappa shape index (κ2) is 5.17. The van der Waals surface area contributed by atoms with E-state index in [2.05, 4.69) is 5.32 Å². The number of hydrogen-bond donors (Lipinski definition) is 1. The van der Waals surface area contributed by atoms with Crippen LogP contribution in [0.15, 0.2) is 0 Å². The van der Waals surface area contributed by atoms with Crippen LogP contribution < -0.4 is 5.32 Å². The summed E-state index contributed by atoms with van der Waals surface area (Å²) in [6, 6.07) is 0.367. The number of nitrogens with one attached hydrogen (secondary N) is 1. The normalized spacial score (nSPS) is 28.9. The summed E-state index contributed by atoms with van der Waals surface area (Å²) in [6.07, 6.45) is 8.00. The molecule has 92 valence electrons. The van der Waals surface area contributed by atoms with Crippen LogP contribution in [0.25, 0.3) is 0 Å². The van der Waals surface area contributed by atoms with Gasteiger partial charge >= 0.3 is 5.97 Å². The zero-order valence-corrected chi connectivity index (χ0v) is 10.3. The predicted molar refractivity (Wildman–Crippen MR) is 63.2 cm³/mol. The first-order valence-corrected chi connectivity index (χ1v) is 6.70. The van der Waals surface area contributed by atoms with E-state index in [1.165, 1.54) is 25.7 Å². The third kappa shape index (κ3) is 2.10. The second-order valence-corrected chi connectivity index (χ2v) is 5.09. The molecular weight excluding hydrogens is 202 g/mol. The average molecular weight is 225 g/mol. The lowest BCUT2D eigenvalue weighted by molar-refractivity contribution is -0.159. The molecule has 0 spiro atoms. The molecule has 0 aromatic carbocycles. The summed E-state index contributed by atoms with van der Waals surface area (Å²) in [4.78, 5) is 12.2. The maximum Gasteiger partial charge on any atom is 0.313 e. The van der Waals surface area contributed by atoms with Gasteiger partial charge in [-0.2, -0.15) is 0 Å². The monoisotopic (exact) mass is 225 g/mol. The van der Waals surface area contributed by atoms with Crippen LogP contribution in [0.3, 0.4) is 0 Å². The van der Waals surface area contributed by atoms with Crippen LogP contribution in [0.2, 0.25) is 0 Å². The zero-order valence-electron chi connectivity index (χ0n) is 10.3. The van der Waals surface area contributed by atoms with Crippen molar-refractivity contribution in [2.24, 2.45) is 5.41 Å². The minimum absolute atomic E-state index is 0.0501. The number of rotatable bonds is 3. The van der Waals surface area contributed by atoms with Gasteiger partial charge in [-0.25, -0.2) is 0 Å². The van der Waals surface area contributed by atoms with Gasteiger partial charge in [-0.15, -0.1) is 0 Å². The van der Waals surface area contributed by atoms with E-state index in [-0.39, 0.29) is 11.4 Å². The van der Waals surface area contributed by atoms with Crippen molar-refractivity contribution in [2.45, 2.75) is 57.9 Å². The zero-order chi connectivity index (χ0) is 11.4. The van der Waals surface area contributed by atoms with Gasteiger partial charge in [-0.3, -0.25) is 4.79 Å². The van der Waals surface area contributed by atoms with Gasteiger partial charge in [0.1, 0.15) is 0 Å². The summed E-state index contributed by atoms with van der Waals surface area (Å²) in [7, 11) is 0. The summed E-state index contributed by atoms with van der Waals surface area (Å²) in [6.45, 7) is 3.47. The Kier molecular flexibility index (Phi) is 3.85. The predicted octanol–water partition coefficient (Wildman–Crippen LogP) is 2.25. The van der Waals surface area contributed by atoms with E-state index in [1.54, 1.807) is 0 Å². The summed E-state index contributed by atoms with van der Waals surface area (Å²) >= 11 is 0. The molecule has 1 atom stereocenters. The molecule has 1 saturated heterocycles. The van der Waals surface area contributed by atoms with Gasteiger partial charge in [0.25, 0.3) is 0 Å². The lowest BCUT2D eigenvalue weighted by Gasteiger charge is -2.39. The van der Waals surface area contributed by atoms with Gasteiger partial charge in [0.15, 0.2) is 0 Å². The van der Waals surface area contributed by atoms with Crippen molar-refractivity contribution in [2.75, 3.05) is 13.2 Å². The van der Waals surface area contributed by atoms with Gasteiger partial charge in [-0.05, 0) is 39.2 Å². The van der Waals surface area contributed by atoms with E-state index in [9.17, 15) is 4.79 Å². The maximum absolute atomic E-state index is 12.2. The molecule has 2 fully saturated rings. The fourth-order valence-electron chi connectivity index (χ4n) is 3.31. The molecule has 0 bridgehead atoms. The van der Waals surface area contributed by atoms with E-state index in [0.29, 0.717) is 12.6 Å². The van der Waals surface area contributed by atoms with Crippen LogP contribution in [0, 0.1) is 5.41 Å². The standard InChI is InChI=1S/C13H23NO2/c1-2-16-12(15)13(8-4-3-5-9-13)11-7-6-10-14-11/h11,14H,2-10H2,1H3. The summed E-state index contributed by atoms with van der Waals surface area (Å²) < 4.78 is 5.32. The van der Waals surface area contributed by atoms with Crippen LogP contribution in [0.5, 0.6) is 0 Å². The van der Waals surface area contributed by atoms with Crippen LogP contribution in [-0.2, 0) is 9.53 Å². The topological polar surface area (TPSA) is 38.3 Å². The number of carbonyl (C=O) groups excluding carboxylic acids is 1. The molecule has 1 aliphatic heterocycles.